The van der Waals surface area contributed by atoms with Crippen LogP contribution >= 0.6 is 11.3 Å². The molecular formula is C18H18N2O5S. The lowest BCUT2D eigenvalue weighted by atomic mass is 10.1. The topological polar surface area (TPSA) is 97.7 Å². The van der Waals surface area contributed by atoms with Crippen molar-refractivity contribution in [1.82, 2.24) is 0 Å². The number of nitrogens with zero attached hydrogens (tertiary/aromatic N) is 1. The Kier molecular flexibility index (Phi) is 6.20. The predicted molar refractivity (Wildman–Crippen MR) is 97.2 cm³/mol. The summed E-state index contributed by atoms with van der Waals surface area (Å²) in [6.07, 6.45) is 0. The second-order valence-electron chi connectivity index (χ2n) is 5.09. The zero-order valence-corrected chi connectivity index (χ0v) is 15.7. The standard InChI is InChI=1S/C18H18N2O5S/c1-5-25-18(22)15-10(2)12(9-19)17(26-15)20-16(21)11-7-6-8-13(23-3)14(11)24-4/h6-8H,5H2,1-4H3,(H,20,21). The summed E-state index contributed by atoms with van der Waals surface area (Å²) in [6, 6.07) is 6.93. The first kappa shape index (κ1) is 19.3. The number of benzene rings is 1. The van der Waals surface area contributed by atoms with Crippen LogP contribution in [0.4, 0.5) is 5.00 Å². The molecule has 1 amide bonds. The molecule has 0 saturated carbocycles. The van der Waals surface area contributed by atoms with Crippen molar-refractivity contribution in [3.8, 4) is 17.6 Å². The largest absolute Gasteiger partial charge is 0.493 e. The monoisotopic (exact) mass is 374 g/mol. The molecule has 2 aromatic rings. The molecule has 0 spiro atoms. The van der Waals surface area contributed by atoms with Gasteiger partial charge in [0.1, 0.15) is 15.9 Å². The number of carbonyl (C=O) groups excluding carboxylic acids is 2. The fraction of sp³-hybridized carbons (Fsp3) is 0.278. The highest BCUT2D eigenvalue weighted by Gasteiger charge is 2.24. The zero-order valence-electron chi connectivity index (χ0n) is 14.8. The van der Waals surface area contributed by atoms with Crippen LogP contribution in [0.2, 0.25) is 0 Å². The van der Waals surface area contributed by atoms with Gasteiger partial charge >= 0.3 is 5.97 Å². The molecule has 0 fully saturated rings. The Bertz CT molecular complexity index is 882. The molecule has 0 radical (unpaired) electrons. The molecule has 0 atom stereocenters. The summed E-state index contributed by atoms with van der Waals surface area (Å²) >= 11 is 1.00. The average molecular weight is 374 g/mol. The highest BCUT2D eigenvalue weighted by atomic mass is 32.1. The zero-order chi connectivity index (χ0) is 19.3. The summed E-state index contributed by atoms with van der Waals surface area (Å²) in [6.45, 7) is 3.56. The minimum absolute atomic E-state index is 0.223. The number of rotatable bonds is 6. The normalized spacial score (nSPS) is 9.96. The van der Waals surface area contributed by atoms with E-state index in [1.165, 1.54) is 14.2 Å². The Morgan fingerprint density at radius 3 is 2.58 bits per heavy atom. The molecule has 8 heteroatoms. The van der Waals surface area contributed by atoms with Gasteiger partial charge in [0.15, 0.2) is 11.5 Å². The number of anilines is 1. The summed E-state index contributed by atoms with van der Waals surface area (Å²) < 4.78 is 15.4. The van der Waals surface area contributed by atoms with Gasteiger partial charge in [-0.25, -0.2) is 4.79 Å². The number of amides is 1. The number of nitriles is 1. The van der Waals surface area contributed by atoms with Gasteiger partial charge in [0.05, 0.1) is 32.0 Å². The van der Waals surface area contributed by atoms with Crippen molar-refractivity contribution in [3.63, 3.8) is 0 Å². The lowest BCUT2D eigenvalue weighted by Gasteiger charge is -2.12. The molecule has 136 valence electrons. The number of esters is 1. The maximum atomic E-state index is 12.7. The predicted octanol–water partition coefficient (Wildman–Crippen LogP) is 3.37. The van der Waals surface area contributed by atoms with Crippen LogP contribution in [-0.2, 0) is 4.74 Å². The molecule has 1 aromatic carbocycles. The van der Waals surface area contributed by atoms with Gasteiger partial charge in [-0.05, 0) is 31.5 Å². The SMILES string of the molecule is CCOC(=O)c1sc(NC(=O)c2cccc(OC)c2OC)c(C#N)c1C. The van der Waals surface area contributed by atoms with Crippen molar-refractivity contribution in [3.05, 3.63) is 39.8 Å². The van der Waals surface area contributed by atoms with E-state index < -0.39 is 11.9 Å². The Morgan fingerprint density at radius 2 is 2.00 bits per heavy atom. The van der Waals surface area contributed by atoms with Crippen molar-refractivity contribution in [2.24, 2.45) is 0 Å². The minimum atomic E-state index is -0.522. The molecule has 26 heavy (non-hydrogen) atoms. The highest BCUT2D eigenvalue weighted by Crippen LogP contribution is 2.35. The van der Waals surface area contributed by atoms with Crippen LogP contribution < -0.4 is 14.8 Å². The third kappa shape index (κ3) is 3.63. The van der Waals surface area contributed by atoms with E-state index in [1.807, 2.05) is 6.07 Å². The molecule has 0 bridgehead atoms. The summed E-state index contributed by atoms with van der Waals surface area (Å²) in [4.78, 5) is 25.0. The molecule has 0 aliphatic heterocycles. The average Bonchev–Trinajstić information content (AvgIpc) is 2.96. The van der Waals surface area contributed by atoms with E-state index in [9.17, 15) is 14.9 Å². The second-order valence-corrected chi connectivity index (χ2v) is 6.11. The van der Waals surface area contributed by atoms with Gasteiger partial charge in [0, 0.05) is 0 Å². The van der Waals surface area contributed by atoms with Crippen LogP contribution in [0.1, 0.15) is 38.1 Å². The Morgan fingerprint density at radius 1 is 1.27 bits per heavy atom. The van der Waals surface area contributed by atoms with Gasteiger partial charge in [-0.3, -0.25) is 4.79 Å². The highest BCUT2D eigenvalue weighted by molar-refractivity contribution is 7.18. The lowest BCUT2D eigenvalue weighted by Crippen LogP contribution is -2.13. The van der Waals surface area contributed by atoms with Crippen LogP contribution in [0.3, 0.4) is 0 Å². The number of para-hydroxylation sites is 1. The Balaban J connectivity index is 2.40. The van der Waals surface area contributed by atoms with E-state index in [0.29, 0.717) is 11.3 Å². The fourth-order valence-electron chi connectivity index (χ4n) is 2.36. The van der Waals surface area contributed by atoms with Gasteiger partial charge in [0.25, 0.3) is 5.91 Å². The molecule has 1 aromatic heterocycles. The number of ether oxygens (including phenoxy) is 3. The summed E-state index contributed by atoms with van der Waals surface area (Å²) in [5.74, 6) is -0.306. The van der Waals surface area contributed by atoms with Gasteiger partial charge in [0.2, 0.25) is 0 Å². The van der Waals surface area contributed by atoms with E-state index in [2.05, 4.69) is 5.32 Å². The third-order valence-corrected chi connectivity index (χ3v) is 4.78. The smallest absolute Gasteiger partial charge is 0.348 e. The van der Waals surface area contributed by atoms with E-state index in [0.717, 1.165) is 11.3 Å². The minimum Gasteiger partial charge on any atom is -0.493 e. The van der Waals surface area contributed by atoms with Crippen molar-refractivity contribution in [1.29, 1.82) is 5.26 Å². The van der Waals surface area contributed by atoms with E-state index >= 15 is 0 Å². The fourth-order valence-corrected chi connectivity index (χ4v) is 3.41. The third-order valence-electron chi connectivity index (χ3n) is 3.59. The van der Waals surface area contributed by atoms with Crippen LogP contribution in [-0.4, -0.2) is 32.7 Å². The second kappa shape index (κ2) is 8.36. The molecule has 0 aliphatic carbocycles. The van der Waals surface area contributed by atoms with Crippen molar-refractivity contribution < 1.29 is 23.8 Å². The molecule has 1 N–H and O–H groups in total. The van der Waals surface area contributed by atoms with Crippen LogP contribution in [0.25, 0.3) is 0 Å². The number of nitrogens with one attached hydrogen (secondary N) is 1. The van der Waals surface area contributed by atoms with Gasteiger partial charge in [-0.1, -0.05) is 6.07 Å². The number of hydrogen-bond acceptors (Lipinski definition) is 7. The van der Waals surface area contributed by atoms with Gasteiger partial charge < -0.3 is 19.5 Å². The summed E-state index contributed by atoms with van der Waals surface area (Å²) in [7, 11) is 2.91. The van der Waals surface area contributed by atoms with Gasteiger partial charge in [-0.2, -0.15) is 5.26 Å². The molecule has 0 unspecified atom stereocenters. The van der Waals surface area contributed by atoms with Crippen molar-refractivity contribution >= 4 is 28.2 Å². The summed E-state index contributed by atoms with van der Waals surface area (Å²) in [5, 5.41) is 12.4. The number of hydrogen-bond donors (Lipinski definition) is 1. The maximum Gasteiger partial charge on any atom is 0.348 e. The number of thiophene rings is 1. The molecule has 1 heterocycles. The lowest BCUT2D eigenvalue weighted by molar-refractivity contribution is 0.0531. The first-order valence-corrected chi connectivity index (χ1v) is 8.53. The molecular weight excluding hydrogens is 356 g/mol. The van der Waals surface area contributed by atoms with Crippen molar-refractivity contribution in [2.75, 3.05) is 26.1 Å². The Labute approximate surface area is 155 Å². The quantitative estimate of drug-likeness (QED) is 0.779. The molecule has 7 nitrogen and oxygen atoms in total. The van der Waals surface area contributed by atoms with Crippen LogP contribution in [0.15, 0.2) is 18.2 Å². The van der Waals surface area contributed by atoms with Gasteiger partial charge in [-0.15, -0.1) is 11.3 Å². The number of carbonyl (C=O) groups is 2. The maximum absolute atomic E-state index is 12.7. The molecule has 2 rings (SSSR count). The first-order chi connectivity index (χ1) is 12.5. The first-order valence-electron chi connectivity index (χ1n) is 7.71. The molecule has 0 saturated heterocycles. The van der Waals surface area contributed by atoms with Crippen LogP contribution in [0.5, 0.6) is 11.5 Å². The van der Waals surface area contributed by atoms with E-state index in [4.69, 9.17) is 14.2 Å². The van der Waals surface area contributed by atoms with E-state index in [1.54, 1.807) is 32.0 Å². The Hall–Kier alpha value is -3.05. The number of methoxy groups -OCH3 is 2. The van der Waals surface area contributed by atoms with E-state index in [-0.39, 0.29) is 33.4 Å². The summed E-state index contributed by atoms with van der Waals surface area (Å²) in [5.41, 5.74) is 0.955. The molecule has 0 aliphatic rings. The van der Waals surface area contributed by atoms with Crippen molar-refractivity contribution in [2.45, 2.75) is 13.8 Å². The van der Waals surface area contributed by atoms with Crippen LogP contribution in [0, 0.1) is 18.3 Å².